The van der Waals surface area contributed by atoms with E-state index in [9.17, 15) is 15.1 Å². The Kier molecular flexibility index (Phi) is 7.18. The van der Waals surface area contributed by atoms with Crippen molar-refractivity contribution in [1.29, 1.82) is 0 Å². The smallest absolute Gasteiger partial charge is 0.227 e. The Balaban J connectivity index is 1.97. The molecule has 1 heterocycles. The molecule has 1 aromatic carbocycles. The van der Waals surface area contributed by atoms with Crippen molar-refractivity contribution in [2.45, 2.75) is 84.8 Å². The Morgan fingerprint density at radius 1 is 1.17 bits per heavy atom. The lowest BCUT2D eigenvalue weighted by Gasteiger charge is -2.51. The highest BCUT2D eigenvalue weighted by Crippen LogP contribution is 2.36. The van der Waals surface area contributed by atoms with Gasteiger partial charge in [-0.05, 0) is 84.4 Å². The first kappa shape index (κ1) is 23.4. The third-order valence-corrected chi connectivity index (χ3v) is 6.10. The molecule has 2 atom stereocenters. The summed E-state index contributed by atoms with van der Waals surface area (Å²) in [6.45, 7) is 14.1. The number of benzene rings is 1. The summed E-state index contributed by atoms with van der Waals surface area (Å²) < 4.78 is 0. The SMILES string of the molecule is C/C(=C\[C@@H](C)Cc1ccc(O)cc1)[C@H](C)C(=O)NC1CC(C)(C)N(O)C(C)(C)C1. The lowest BCUT2D eigenvalue weighted by atomic mass is 9.78. The third-order valence-electron chi connectivity index (χ3n) is 6.10. The number of hydrogen-bond acceptors (Lipinski definition) is 4. The molecule has 0 radical (unpaired) electrons. The van der Waals surface area contributed by atoms with Gasteiger partial charge in [0.1, 0.15) is 5.75 Å². The molecule has 1 aliphatic rings. The van der Waals surface area contributed by atoms with E-state index >= 15 is 0 Å². The largest absolute Gasteiger partial charge is 0.508 e. The molecular formula is C24H38N2O3. The first-order valence-corrected chi connectivity index (χ1v) is 10.6. The number of amides is 1. The van der Waals surface area contributed by atoms with Crippen molar-refractivity contribution in [3.05, 3.63) is 41.5 Å². The van der Waals surface area contributed by atoms with Crippen LogP contribution in [0.1, 0.15) is 66.9 Å². The Labute approximate surface area is 175 Å². The van der Waals surface area contributed by atoms with Gasteiger partial charge in [0.25, 0.3) is 0 Å². The van der Waals surface area contributed by atoms with Crippen LogP contribution in [0.3, 0.4) is 0 Å². The number of carbonyl (C=O) groups excluding carboxylic acids is 1. The summed E-state index contributed by atoms with van der Waals surface area (Å²) in [4.78, 5) is 12.9. The van der Waals surface area contributed by atoms with Crippen molar-refractivity contribution in [2.75, 3.05) is 0 Å². The quantitative estimate of drug-likeness (QED) is 0.604. The Morgan fingerprint density at radius 3 is 2.21 bits per heavy atom. The second kappa shape index (κ2) is 8.88. The van der Waals surface area contributed by atoms with Crippen LogP contribution in [0.4, 0.5) is 0 Å². The van der Waals surface area contributed by atoms with Gasteiger partial charge in [0.15, 0.2) is 0 Å². The number of nitrogens with one attached hydrogen (secondary N) is 1. The van der Waals surface area contributed by atoms with Crippen LogP contribution in [0.25, 0.3) is 0 Å². The number of aromatic hydroxyl groups is 1. The van der Waals surface area contributed by atoms with E-state index in [1.54, 1.807) is 12.1 Å². The molecule has 5 heteroatoms. The summed E-state index contributed by atoms with van der Waals surface area (Å²) in [5, 5.41) is 24.5. The normalized spacial score (nSPS) is 22.1. The summed E-state index contributed by atoms with van der Waals surface area (Å²) in [5.74, 6) is 0.413. The maximum Gasteiger partial charge on any atom is 0.227 e. The van der Waals surface area contributed by atoms with Gasteiger partial charge in [0.2, 0.25) is 5.91 Å². The molecule has 1 saturated heterocycles. The van der Waals surface area contributed by atoms with E-state index in [-0.39, 0.29) is 34.7 Å². The molecule has 3 N–H and O–H groups in total. The molecule has 1 aromatic rings. The van der Waals surface area contributed by atoms with Crippen LogP contribution in [0, 0.1) is 11.8 Å². The average Bonchev–Trinajstić information content (AvgIpc) is 2.60. The highest BCUT2D eigenvalue weighted by molar-refractivity contribution is 5.81. The first-order chi connectivity index (χ1) is 13.3. The zero-order valence-corrected chi connectivity index (χ0v) is 19.0. The molecule has 5 nitrogen and oxygen atoms in total. The minimum absolute atomic E-state index is 0.0403. The van der Waals surface area contributed by atoms with Crippen LogP contribution < -0.4 is 5.32 Å². The van der Waals surface area contributed by atoms with E-state index in [0.29, 0.717) is 18.8 Å². The first-order valence-electron chi connectivity index (χ1n) is 10.6. The Hall–Kier alpha value is -1.85. The van der Waals surface area contributed by atoms with Crippen LogP contribution in [0.2, 0.25) is 0 Å². The number of phenols is 1. The summed E-state index contributed by atoms with van der Waals surface area (Å²) in [6, 6.07) is 7.32. The van der Waals surface area contributed by atoms with Gasteiger partial charge in [0.05, 0.1) is 5.92 Å². The lowest BCUT2D eigenvalue weighted by molar-refractivity contribution is -0.246. The van der Waals surface area contributed by atoms with Crippen LogP contribution in [-0.2, 0) is 11.2 Å². The van der Waals surface area contributed by atoms with Crippen LogP contribution in [-0.4, -0.2) is 38.4 Å². The molecule has 1 amide bonds. The van der Waals surface area contributed by atoms with Gasteiger partial charge in [-0.1, -0.05) is 30.7 Å². The summed E-state index contributed by atoms with van der Waals surface area (Å²) in [5.41, 5.74) is 1.46. The predicted octanol–water partition coefficient (Wildman–Crippen LogP) is 4.68. The van der Waals surface area contributed by atoms with Gasteiger partial charge in [-0.25, -0.2) is 0 Å². The van der Waals surface area contributed by atoms with E-state index in [4.69, 9.17) is 0 Å². The van der Waals surface area contributed by atoms with Crippen LogP contribution in [0.5, 0.6) is 5.75 Å². The second-order valence-corrected chi connectivity index (χ2v) is 10.0. The molecule has 0 aromatic heterocycles. The Morgan fingerprint density at radius 2 is 1.69 bits per heavy atom. The molecule has 162 valence electrons. The highest BCUT2D eigenvalue weighted by atomic mass is 16.5. The molecule has 0 bridgehead atoms. The van der Waals surface area contributed by atoms with Crippen LogP contribution >= 0.6 is 0 Å². The fourth-order valence-corrected chi connectivity index (χ4v) is 4.56. The average molecular weight is 403 g/mol. The van der Waals surface area contributed by atoms with E-state index in [1.165, 1.54) is 5.06 Å². The van der Waals surface area contributed by atoms with E-state index in [2.05, 4.69) is 18.3 Å². The minimum Gasteiger partial charge on any atom is -0.508 e. The van der Waals surface area contributed by atoms with Crippen molar-refractivity contribution in [2.24, 2.45) is 11.8 Å². The maximum absolute atomic E-state index is 12.9. The third kappa shape index (κ3) is 6.06. The number of hydroxylamine groups is 2. The fourth-order valence-electron chi connectivity index (χ4n) is 4.56. The number of hydrogen-bond donors (Lipinski definition) is 3. The Bertz CT molecular complexity index is 719. The number of phenolic OH excluding ortho intramolecular Hbond substituents is 1. The molecular weight excluding hydrogens is 364 g/mol. The summed E-state index contributed by atoms with van der Waals surface area (Å²) in [6.07, 6.45) is 4.46. The minimum atomic E-state index is -0.382. The fraction of sp³-hybridized carbons (Fsp3) is 0.625. The second-order valence-electron chi connectivity index (χ2n) is 10.0. The van der Waals surface area contributed by atoms with Crippen LogP contribution in [0.15, 0.2) is 35.9 Å². The molecule has 0 aliphatic carbocycles. The maximum atomic E-state index is 12.9. The van der Waals surface area contributed by atoms with Gasteiger partial charge in [-0.3, -0.25) is 4.79 Å². The highest BCUT2D eigenvalue weighted by Gasteiger charge is 2.45. The molecule has 0 saturated carbocycles. The van der Waals surface area contributed by atoms with Gasteiger partial charge < -0.3 is 15.6 Å². The number of nitrogens with zero attached hydrogens (tertiary/aromatic N) is 1. The predicted molar refractivity (Wildman–Crippen MR) is 117 cm³/mol. The molecule has 29 heavy (non-hydrogen) atoms. The molecule has 0 unspecified atom stereocenters. The summed E-state index contributed by atoms with van der Waals surface area (Å²) >= 11 is 0. The van der Waals surface area contributed by atoms with Crippen molar-refractivity contribution in [3.63, 3.8) is 0 Å². The van der Waals surface area contributed by atoms with Gasteiger partial charge >= 0.3 is 0 Å². The van der Waals surface area contributed by atoms with Crippen molar-refractivity contribution in [3.8, 4) is 5.75 Å². The number of carbonyl (C=O) groups is 1. The summed E-state index contributed by atoms with van der Waals surface area (Å²) in [7, 11) is 0. The van der Waals surface area contributed by atoms with Gasteiger partial charge in [-0.2, -0.15) is 5.06 Å². The molecule has 0 spiro atoms. The van der Waals surface area contributed by atoms with Gasteiger partial charge in [0, 0.05) is 17.1 Å². The molecule has 1 aliphatic heterocycles. The standard InChI is InChI=1S/C24H38N2O3/c1-16(13-19-8-10-21(27)11-9-19)12-17(2)18(3)22(28)25-20-14-23(4,5)26(29)24(6,7)15-20/h8-12,16,18,20,27,29H,13-15H2,1-7H3,(H,25,28)/b17-12+/t16-,18+/m1/s1. The monoisotopic (exact) mass is 402 g/mol. The zero-order chi connectivity index (χ0) is 22.0. The van der Waals surface area contributed by atoms with Crippen molar-refractivity contribution < 1.29 is 15.1 Å². The lowest BCUT2D eigenvalue weighted by Crippen LogP contribution is -2.63. The topological polar surface area (TPSA) is 72.8 Å². The molecule has 2 rings (SSSR count). The van der Waals surface area contributed by atoms with Crippen molar-refractivity contribution in [1.82, 2.24) is 10.4 Å². The van der Waals surface area contributed by atoms with E-state index in [0.717, 1.165) is 17.6 Å². The van der Waals surface area contributed by atoms with E-state index in [1.807, 2.05) is 53.7 Å². The number of allylic oxidation sites excluding steroid dienone is 1. The zero-order valence-electron chi connectivity index (χ0n) is 19.0. The molecule has 1 fully saturated rings. The van der Waals surface area contributed by atoms with Gasteiger partial charge in [-0.15, -0.1) is 0 Å². The van der Waals surface area contributed by atoms with E-state index < -0.39 is 0 Å². The van der Waals surface area contributed by atoms with Crippen molar-refractivity contribution >= 4 is 5.91 Å². The number of rotatable bonds is 6. The number of piperidine rings is 1.